The molecule has 0 aromatic carbocycles. The van der Waals surface area contributed by atoms with Gasteiger partial charge in [0.25, 0.3) is 0 Å². The number of carbonyl (C=O) groups excluding carboxylic acids is 2. The lowest BCUT2D eigenvalue weighted by atomic mass is 10.1. The Morgan fingerprint density at radius 3 is 2.50 bits per heavy atom. The summed E-state index contributed by atoms with van der Waals surface area (Å²) in [5, 5.41) is 2.37. The summed E-state index contributed by atoms with van der Waals surface area (Å²) in [4.78, 5) is 22.2. The maximum absolute atomic E-state index is 11.2. The van der Waals surface area contributed by atoms with Gasteiger partial charge in [0, 0.05) is 0 Å². The first-order chi connectivity index (χ1) is 7.47. The summed E-state index contributed by atoms with van der Waals surface area (Å²) >= 11 is 0. The van der Waals surface area contributed by atoms with Crippen LogP contribution in [0.1, 0.15) is 26.2 Å². The van der Waals surface area contributed by atoms with Gasteiger partial charge in [-0.1, -0.05) is 6.58 Å². The van der Waals surface area contributed by atoms with E-state index in [0.717, 1.165) is 12.8 Å². The Morgan fingerprint density at radius 2 is 2.06 bits per heavy atom. The highest BCUT2D eigenvalue weighted by molar-refractivity contribution is 5.84. The quantitative estimate of drug-likeness (QED) is 0.429. The van der Waals surface area contributed by atoms with Crippen molar-refractivity contribution in [2.45, 2.75) is 32.2 Å². The molecule has 0 heterocycles. The average Bonchev–Trinajstić information content (AvgIpc) is 2.15. The lowest BCUT2D eigenvalue weighted by Crippen LogP contribution is -2.44. The van der Waals surface area contributed by atoms with Gasteiger partial charge >= 0.3 is 6.09 Å². The second kappa shape index (κ2) is 7.70. The van der Waals surface area contributed by atoms with Gasteiger partial charge in [0.1, 0.15) is 6.04 Å². The number of ether oxygens (including phenoxy) is 1. The van der Waals surface area contributed by atoms with E-state index in [1.807, 2.05) is 0 Å². The normalized spacial score (nSPS) is 11.6. The van der Waals surface area contributed by atoms with E-state index in [2.05, 4.69) is 16.6 Å². The van der Waals surface area contributed by atoms with Crippen molar-refractivity contribution in [3.63, 3.8) is 0 Å². The number of primary amides is 1. The first-order valence-electron chi connectivity index (χ1n) is 5.10. The number of nitrogens with one attached hydrogen (secondary N) is 1. The fourth-order valence-corrected chi connectivity index (χ4v) is 1.11. The van der Waals surface area contributed by atoms with Crippen LogP contribution in [0.25, 0.3) is 0 Å². The molecular formula is C10H19N3O3. The van der Waals surface area contributed by atoms with Crippen LogP contribution >= 0.6 is 0 Å². The van der Waals surface area contributed by atoms with Crippen LogP contribution in [0, 0.1) is 0 Å². The molecule has 2 amide bonds. The Kier molecular flexibility index (Phi) is 6.95. The van der Waals surface area contributed by atoms with Gasteiger partial charge in [-0.25, -0.2) is 4.79 Å². The number of hydrogen-bond acceptors (Lipinski definition) is 4. The number of carbonyl (C=O) groups is 2. The third-order valence-electron chi connectivity index (χ3n) is 1.85. The van der Waals surface area contributed by atoms with Crippen molar-refractivity contribution in [3.05, 3.63) is 12.3 Å². The van der Waals surface area contributed by atoms with E-state index in [9.17, 15) is 9.59 Å². The SMILES string of the molecule is C=C(C)OC(=O)N[C@@H](CCCCN)C(N)=O. The molecule has 0 fully saturated rings. The van der Waals surface area contributed by atoms with Crippen LogP contribution in [-0.4, -0.2) is 24.6 Å². The van der Waals surface area contributed by atoms with Gasteiger partial charge in [0.2, 0.25) is 5.91 Å². The topological polar surface area (TPSA) is 107 Å². The molecule has 0 saturated carbocycles. The van der Waals surface area contributed by atoms with Crippen molar-refractivity contribution in [2.75, 3.05) is 6.54 Å². The molecule has 0 unspecified atom stereocenters. The molecule has 6 heteroatoms. The summed E-state index contributed by atoms with van der Waals surface area (Å²) in [6.07, 6.45) is 1.24. The van der Waals surface area contributed by atoms with Crippen molar-refractivity contribution in [3.8, 4) is 0 Å². The number of amides is 2. The first-order valence-corrected chi connectivity index (χ1v) is 5.10. The summed E-state index contributed by atoms with van der Waals surface area (Å²) in [6.45, 7) is 5.49. The Bertz CT molecular complexity index is 266. The summed E-state index contributed by atoms with van der Waals surface area (Å²) in [5.74, 6) is -0.335. The predicted molar refractivity (Wildman–Crippen MR) is 60.3 cm³/mol. The van der Waals surface area contributed by atoms with Gasteiger partial charge in [0.15, 0.2) is 0 Å². The van der Waals surface area contributed by atoms with E-state index in [0.29, 0.717) is 13.0 Å². The highest BCUT2D eigenvalue weighted by Crippen LogP contribution is 2.01. The molecule has 0 spiro atoms. The maximum atomic E-state index is 11.2. The molecule has 16 heavy (non-hydrogen) atoms. The minimum absolute atomic E-state index is 0.252. The smallest absolute Gasteiger partial charge is 0.412 e. The van der Waals surface area contributed by atoms with E-state index >= 15 is 0 Å². The largest absolute Gasteiger partial charge is 0.416 e. The van der Waals surface area contributed by atoms with E-state index in [1.54, 1.807) is 0 Å². The fourth-order valence-electron chi connectivity index (χ4n) is 1.11. The predicted octanol–water partition coefficient (Wildman–Crippen LogP) is 0.229. The lowest BCUT2D eigenvalue weighted by Gasteiger charge is -2.14. The molecular weight excluding hydrogens is 210 g/mol. The second-order valence-electron chi connectivity index (χ2n) is 3.48. The second-order valence-corrected chi connectivity index (χ2v) is 3.48. The van der Waals surface area contributed by atoms with E-state index in [4.69, 9.17) is 11.5 Å². The van der Waals surface area contributed by atoms with Gasteiger partial charge in [-0.3, -0.25) is 4.79 Å². The third-order valence-corrected chi connectivity index (χ3v) is 1.85. The van der Waals surface area contributed by atoms with Crippen LogP contribution in [0.15, 0.2) is 12.3 Å². The average molecular weight is 229 g/mol. The molecule has 0 radical (unpaired) electrons. The lowest BCUT2D eigenvalue weighted by molar-refractivity contribution is -0.120. The van der Waals surface area contributed by atoms with Crippen LogP contribution in [0.3, 0.4) is 0 Å². The molecule has 1 atom stereocenters. The van der Waals surface area contributed by atoms with Crippen LogP contribution in [-0.2, 0) is 9.53 Å². The fraction of sp³-hybridized carbons (Fsp3) is 0.600. The molecule has 92 valence electrons. The van der Waals surface area contributed by atoms with E-state index in [1.165, 1.54) is 6.92 Å². The number of rotatable bonds is 7. The molecule has 0 bridgehead atoms. The minimum atomic E-state index is -0.724. The molecule has 0 aliphatic rings. The van der Waals surface area contributed by atoms with Crippen molar-refractivity contribution >= 4 is 12.0 Å². The van der Waals surface area contributed by atoms with Gasteiger partial charge in [-0.2, -0.15) is 0 Å². The Morgan fingerprint density at radius 1 is 1.44 bits per heavy atom. The summed E-state index contributed by atoms with van der Waals surface area (Å²) in [5.41, 5.74) is 10.5. The molecule has 0 aliphatic heterocycles. The molecule has 0 aromatic heterocycles. The van der Waals surface area contributed by atoms with Crippen LogP contribution in [0.5, 0.6) is 0 Å². The number of alkyl carbamates (subject to hydrolysis) is 1. The summed E-state index contributed by atoms with van der Waals surface area (Å²) in [6, 6.07) is -0.724. The molecule has 0 aromatic rings. The molecule has 6 nitrogen and oxygen atoms in total. The zero-order valence-electron chi connectivity index (χ0n) is 9.49. The zero-order chi connectivity index (χ0) is 12.6. The summed E-state index contributed by atoms with van der Waals surface area (Å²) in [7, 11) is 0. The molecule has 0 rings (SSSR count). The Hall–Kier alpha value is -1.56. The van der Waals surface area contributed by atoms with Gasteiger partial charge in [-0.05, 0) is 32.7 Å². The first kappa shape index (κ1) is 14.4. The zero-order valence-corrected chi connectivity index (χ0v) is 9.49. The van der Waals surface area contributed by atoms with Gasteiger partial charge in [-0.15, -0.1) is 0 Å². The number of allylic oxidation sites excluding steroid dienone is 1. The summed E-state index contributed by atoms with van der Waals surface area (Å²) < 4.78 is 4.66. The van der Waals surface area contributed by atoms with Crippen molar-refractivity contribution in [1.82, 2.24) is 5.32 Å². The highest BCUT2D eigenvalue weighted by atomic mass is 16.6. The number of unbranched alkanes of at least 4 members (excludes halogenated alkanes) is 1. The van der Waals surface area contributed by atoms with Crippen molar-refractivity contribution in [1.29, 1.82) is 0 Å². The van der Waals surface area contributed by atoms with Crippen LogP contribution in [0.2, 0.25) is 0 Å². The monoisotopic (exact) mass is 229 g/mol. The van der Waals surface area contributed by atoms with Crippen molar-refractivity contribution < 1.29 is 14.3 Å². The van der Waals surface area contributed by atoms with Gasteiger partial charge in [0.05, 0.1) is 5.76 Å². The van der Waals surface area contributed by atoms with E-state index in [-0.39, 0.29) is 5.76 Å². The standard InChI is InChI=1S/C10H19N3O3/c1-7(2)16-10(15)13-8(9(12)14)5-3-4-6-11/h8H,1,3-6,11H2,2H3,(H2,12,14)(H,13,15)/t8-/m0/s1. The van der Waals surface area contributed by atoms with Crippen LogP contribution < -0.4 is 16.8 Å². The molecule has 5 N–H and O–H groups in total. The maximum Gasteiger partial charge on any atom is 0.412 e. The molecule has 0 saturated heterocycles. The van der Waals surface area contributed by atoms with Crippen LogP contribution in [0.4, 0.5) is 4.79 Å². The Labute approximate surface area is 95.0 Å². The third kappa shape index (κ3) is 6.83. The number of nitrogens with two attached hydrogens (primary N) is 2. The minimum Gasteiger partial charge on any atom is -0.416 e. The van der Waals surface area contributed by atoms with Crippen molar-refractivity contribution in [2.24, 2.45) is 11.5 Å². The highest BCUT2D eigenvalue weighted by Gasteiger charge is 2.18. The number of hydrogen-bond donors (Lipinski definition) is 3. The molecule has 0 aliphatic carbocycles. The Balaban J connectivity index is 4.07. The van der Waals surface area contributed by atoms with E-state index < -0.39 is 18.0 Å². The van der Waals surface area contributed by atoms with Gasteiger partial charge < -0.3 is 21.5 Å².